The van der Waals surface area contributed by atoms with Gasteiger partial charge in [0.2, 0.25) is 0 Å². The van der Waals surface area contributed by atoms with Crippen LogP contribution in [0.4, 0.5) is 9.93 Å². The molecule has 2 N–H and O–H groups in total. The van der Waals surface area contributed by atoms with Crippen molar-refractivity contribution in [2.45, 2.75) is 45.3 Å². The maximum Gasteiger partial charge on any atom is 0.407 e. The number of amides is 1. The summed E-state index contributed by atoms with van der Waals surface area (Å²) in [6, 6.07) is 0.0741. The number of carboxylic acids is 1. The third kappa shape index (κ3) is 4.59. The van der Waals surface area contributed by atoms with E-state index >= 15 is 0 Å². The molecule has 1 fully saturated rings. The van der Waals surface area contributed by atoms with Gasteiger partial charge in [0.15, 0.2) is 5.13 Å². The molecule has 122 valence electrons. The zero-order valence-electron chi connectivity index (χ0n) is 13.0. The second-order valence-corrected chi connectivity index (χ2v) is 7.23. The van der Waals surface area contributed by atoms with Gasteiger partial charge in [-0.15, -0.1) is 0 Å². The van der Waals surface area contributed by atoms with Crippen LogP contribution in [0.15, 0.2) is 6.20 Å². The van der Waals surface area contributed by atoms with Crippen molar-refractivity contribution in [2.24, 2.45) is 0 Å². The van der Waals surface area contributed by atoms with E-state index in [9.17, 15) is 9.59 Å². The second kappa shape index (κ2) is 6.51. The van der Waals surface area contributed by atoms with Crippen molar-refractivity contribution in [1.82, 2.24) is 10.3 Å². The van der Waals surface area contributed by atoms with Crippen LogP contribution in [-0.2, 0) is 4.74 Å². The number of nitrogens with one attached hydrogen (secondary N) is 1. The van der Waals surface area contributed by atoms with Gasteiger partial charge in [-0.1, -0.05) is 11.3 Å². The van der Waals surface area contributed by atoms with Gasteiger partial charge in [0, 0.05) is 19.1 Å². The first kappa shape index (κ1) is 16.5. The van der Waals surface area contributed by atoms with Crippen LogP contribution in [0.3, 0.4) is 0 Å². The molecule has 1 amide bonds. The Morgan fingerprint density at radius 3 is 2.55 bits per heavy atom. The van der Waals surface area contributed by atoms with Gasteiger partial charge in [0.1, 0.15) is 10.5 Å². The van der Waals surface area contributed by atoms with E-state index < -0.39 is 17.7 Å². The van der Waals surface area contributed by atoms with Crippen LogP contribution in [0.25, 0.3) is 0 Å². The Morgan fingerprint density at radius 1 is 1.41 bits per heavy atom. The molecule has 0 spiro atoms. The predicted molar refractivity (Wildman–Crippen MR) is 83.7 cm³/mol. The lowest BCUT2D eigenvalue weighted by Crippen LogP contribution is -2.46. The summed E-state index contributed by atoms with van der Waals surface area (Å²) in [4.78, 5) is 29.0. The molecule has 1 saturated heterocycles. The minimum atomic E-state index is -0.953. The minimum absolute atomic E-state index is 0.0741. The maximum absolute atomic E-state index is 11.7. The normalized spacial score (nSPS) is 16.4. The number of hydrogen-bond donors (Lipinski definition) is 2. The summed E-state index contributed by atoms with van der Waals surface area (Å²) >= 11 is 1.17. The van der Waals surface area contributed by atoms with E-state index in [0.717, 1.165) is 25.9 Å². The van der Waals surface area contributed by atoms with Crippen molar-refractivity contribution >= 4 is 28.5 Å². The molecule has 22 heavy (non-hydrogen) atoms. The maximum atomic E-state index is 11.7. The van der Waals surface area contributed by atoms with E-state index in [2.05, 4.69) is 10.3 Å². The zero-order valence-corrected chi connectivity index (χ0v) is 13.8. The molecule has 1 aromatic rings. The van der Waals surface area contributed by atoms with Crippen molar-refractivity contribution in [3.63, 3.8) is 0 Å². The number of thiazole rings is 1. The molecular formula is C14H21N3O4S. The Kier molecular flexibility index (Phi) is 4.90. The van der Waals surface area contributed by atoms with Crippen LogP contribution >= 0.6 is 11.3 Å². The van der Waals surface area contributed by atoms with E-state index in [1.54, 1.807) is 0 Å². The van der Waals surface area contributed by atoms with Crippen LogP contribution in [0.2, 0.25) is 0 Å². The summed E-state index contributed by atoms with van der Waals surface area (Å²) in [5, 5.41) is 12.5. The van der Waals surface area contributed by atoms with E-state index in [-0.39, 0.29) is 10.9 Å². The number of carbonyl (C=O) groups excluding carboxylic acids is 1. The number of nitrogens with zero attached hydrogens (tertiary/aromatic N) is 2. The third-order valence-corrected chi connectivity index (χ3v) is 4.24. The van der Waals surface area contributed by atoms with Crippen LogP contribution in [-0.4, -0.2) is 46.9 Å². The van der Waals surface area contributed by atoms with Crippen LogP contribution < -0.4 is 10.2 Å². The largest absolute Gasteiger partial charge is 0.477 e. The number of aromatic carboxylic acids is 1. The number of rotatable bonds is 3. The molecule has 2 rings (SSSR count). The zero-order chi connectivity index (χ0) is 16.3. The number of ether oxygens (including phenoxy) is 1. The Labute approximate surface area is 133 Å². The summed E-state index contributed by atoms with van der Waals surface area (Å²) < 4.78 is 5.24. The fraction of sp³-hybridized carbons (Fsp3) is 0.643. The fourth-order valence-corrected chi connectivity index (χ4v) is 3.01. The van der Waals surface area contributed by atoms with Gasteiger partial charge in [-0.05, 0) is 33.6 Å². The molecule has 7 nitrogen and oxygen atoms in total. The van der Waals surface area contributed by atoms with Crippen molar-refractivity contribution in [3.8, 4) is 0 Å². The van der Waals surface area contributed by atoms with E-state index in [1.807, 2.05) is 25.7 Å². The molecule has 1 aliphatic rings. The Hall–Kier alpha value is -1.83. The highest BCUT2D eigenvalue weighted by Crippen LogP contribution is 2.25. The molecule has 0 unspecified atom stereocenters. The van der Waals surface area contributed by atoms with Gasteiger partial charge in [-0.2, -0.15) is 0 Å². The average molecular weight is 327 g/mol. The molecule has 8 heteroatoms. The van der Waals surface area contributed by atoms with Gasteiger partial charge in [-0.25, -0.2) is 14.6 Å². The number of aromatic nitrogens is 1. The molecule has 1 aliphatic heterocycles. The molecule has 0 atom stereocenters. The highest BCUT2D eigenvalue weighted by atomic mass is 32.1. The third-order valence-electron chi connectivity index (χ3n) is 3.19. The van der Waals surface area contributed by atoms with Gasteiger partial charge in [0.25, 0.3) is 0 Å². The standard InChI is InChI=1S/C14H21N3O4S/c1-14(2,3)21-13(20)16-9-4-6-17(7-5-9)12-15-8-10(22-12)11(18)19/h8-9H,4-7H2,1-3H3,(H,16,20)(H,18,19). The van der Waals surface area contributed by atoms with Gasteiger partial charge in [0.05, 0.1) is 6.20 Å². The molecule has 2 heterocycles. The lowest BCUT2D eigenvalue weighted by Gasteiger charge is -2.32. The highest BCUT2D eigenvalue weighted by Gasteiger charge is 2.25. The lowest BCUT2D eigenvalue weighted by molar-refractivity contribution is 0.0496. The second-order valence-electron chi connectivity index (χ2n) is 6.22. The van der Waals surface area contributed by atoms with Crippen LogP contribution in [0.5, 0.6) is 0 Å². The summed E-state index contributed by atoms with van der Waals surface area (Å²) in [6.07, 6.45) is 2.55. The first-order chi connectivity index (χ1) is 10.2. The minimum Gasteiger partial charge on any atom is -0.477 e. The number of piperidine rings is 1. The summed E-state index contributed by atoms with van der Waals surface area (Å²) in [7, 11) is 0. The highest BCUT2D eigenvalue weighted by molar-refractivity contribution is 7.17. The Morgan fingerprint density at radius 2 is 2.05 bits per heavy atom. The van der Waals surface area contributed by atoms with E-state index in [0.29, 0.717) is 5.13 Å². The van der Waals surface area contributed by atoms with Crippen molar-refractivity contribution < 1.29 is 19.4 Å². The Balaban J connectivity index is 1.82. The van der Waals surface area contributed by atoms with Crippen molar-refractivity contribution in [2.75, 3.05) is 18.0 Å². The topological polar surface area (TPSA) is 91.8 Å². The molecule has 0 aromatic carbocycles. The van der Waals surface area contributed by atoms with Crippen LogP contribution in [0, 0.1) is 0 Å². The first-order valence-electron chi connectivity index (χ1n) is 7.18. The molecule has 1 aromatic heterocycles. The predicted octanol–water partition coefficient (Wildman–Crippen LogP) is 2.33. The summed E-state index contributed by atoms with van der Waals surface area (Å²) in [6.45, 7) is 6.95. The molecule has 0 aliphatic carbocycles. The molecule has 0 saturated carbocycles. The number of carboxylic acid groups (broad SMARTS) is 1. The van der Waals surface area contributed by atoms with E-state index in [1.165, 1.54) is 17.5 Å². The van der Waals surface area contributed by atoms with Crippen molar-refractivity contribution in [1.29, 1.82) is 0 Å². The van der Waals surface area contributed by atoms with Gasteiger partial charge < -0.3 is 20.1 Å². The van der Waals surface area contributed by atoms with E-state index in [4.69, 9.17) is 9.84 Å². The molecule has 0 bridgehead atoms. The van der Waals surface area contributed by atoms with Crippen molar-refractivity contribution in [3.05, 3.63) is 11.1 Å². The molecular weight excluding hydrogens is 306 g/mol. The fourth-order valence-electron chi connectivity index (χ4n) is 2.20. The quantitative estimate of drug-likeness (QED) is 0.885. The number of carbonyl (C=O) groups is 2. The summed E-state index contributed by atoms with van der Waals surface area (Å²) in [5.41, 5.74) is -0.501. The van der Waals surface area contributed by atoms with Gasteiger partial charge >= 0.3 is 12.1 Å². The SMILES string of the molecule is CC(C)(C)OC(=O)NC1CCN(c2ncc(C(=O)O)s2)CC1. The van der Waals surface area contributed by atoms with Gasteiger partial charge in [-0.3, -0.25) is 0 Å². The number of hydrogen-bond acceptors (Lipinski definition) is 6. The summed E-state index contributed by atoms with van der Waals surface area (Å²) in [5.74, 6) is -0.953. The average Bonchev–Trinajstić information content (AvgIpc) is 2.87. The molecule has 0 radical (unpaired) electrons. The smallest absolute Gasteiger partial charge is 0.407 e. The Bertz CT molecular complexity index is 545. The number of alkyl carbamates (subject to hydrolysis) is 1. The monoisotopic (exact) mass is 327 g/mol. The lowest BCUT2D eigenvalue weighted by atomic mass is 10.1. The number of anilines is 1. The van der Waals surface area contributed by atoms with Crippen LogP contribution in [0.1, 0.15) is 43.3 Å². The first-order valence-corrected chi connectivity index (χ1v) is 8.00.